The predicted molar refractivity (Wildman–Crippen MR) is 55.4 cm³/mol. The summed E-state index contributed by atoms with van der Waals surface area (Å²) in [6, 6.07) is 1.08. The summed E-state index contributed by atoms with van der Waals surface area (Å²) in [5.41, 5.74) is -0.279. The van der Waals surface area contributed by atoms with Gasteiger partial charge in [0, 0.05) is 11.6 Å². The first-order valence-electron chi connectivity index (χ1n) is 5.09. The van der Waals surface area contributed by atoms with Gasteiger partial charge >= 0.3 is 6.18 Å². The Morgan fingerprint density at radius 2 is 2.06 bits per heavy atom. The number of nitrogens with zero attached hydrogens (tertiary/aromatic N) is 2. The molecular weight excluding hydrogens is 237 g/mol. The van der Waals surface area contributed by atoms with Crippen molar-refractivity contribution in [3.8, 4) is 0 Å². The number of hydrogen-bond donors (Lipinski definition) is 0. The number of rotatable bonds is 3. The minimum atomic E-state index is -4.38. The first-order valence-corrected chi connectivity index (χ1v) is 6.08. The van der Waals surface area contributed by atoms with Gasteiger partial charge in [-0.25, -0.2) is 9.97 Å². The third-order valence-corrected chi connectivity index (χ3v) is 3.01. The number of aromatic nitrogens is 2. The summed E-state index contributed by atoms with van der Waals surface area (Å²) in [5, 5.41) is 0.235. The molecule has 2 rings (SSSR count). The highest BCUT2D eigenvalue weighted by atomic mass is 32.2. The highest BCUT2D eigenvalue weighted by Gasteiger charge is 2.35. The second-order valence-electron chi connectivity index (χ2n) is 3.67. The van der Waals surface area contributed by atoms with Crippen molar-refractivity contribution in [2.75, 3.05) is 5.75 Å². The number of hydrogen-bond acceptors (Lipinski definition) is 3. The first kappa shape index (κ1) is 11.7. The van der Waals surface area contributed by atoms with Crippen molar-refractivity contribution in [2.24, 2.45) is 0 Å². The van der Waals surface area contributed by atoms with Crippen LogP contribution in [0, 0.1) is 0 Å². The summed E-state index contributed by atoms with van der Waals surface area (Å²) in [4.78, 5) is 7.68. The number of thioether (sulfide) groups is 1. The van der Waals surface area contributed by atoms with Gasteiger partial charge in [-0.1, -0.05) is 18.7 Å². The Kier molecular flexibility index (Phi) is 3.10. The van der Waals surface area contributed by atoms with E-state index in [1.807, 2.05) is 6.92 Å². The smallest absolute Gasteiger partial charge is 0.227 e. The summed E-state index contributed by atoms with van der Waals surface area (Å²) in [7, 11) is 0. The minimum Gasteiger partial charge on any atom is -0.227 e. The lowest BCUT2D eigenvalue weighted by atomic mass is 10.2. The monoisotopic (exact) mass is 248 g/mol. The van der Waals surface area contributed by atoms with E-state index in [1.165, 1.54) is 11.8 Å². The molecule has 1 aromatic heterocycles. The lowest BCUT2D eigenvalue weighted by Gasteiger charge is -2.09. The van der Waals surface area contributed by atoms with Gasteiger partial charge in [-0.15, -0.1) is 0 Å². The van der Waals surface area contributed by atoms with E-state index < -0.39 is 11.9 Å². The van der Waals surface area contributed by atoms with Crippen LogP contribution in [0.3, 0.4) is 0 Å². The Morgan fingerprint density at radius 1 is 1.38 bits per heavy atom. The van der Waals surface area contributed by atoms with E-state index in [2.05, 4.69) is 9.97 Å². The van der Waals surface area contributed by atoms with E-state index >= 15 is 0 Å². The zero-order valence-corrected chi connectivity index (χ0v) is 9.53. The fraction of sp³-hybridized carbons (Fsp3) is 0.600. The third-order valence-electron chi connectivity index (χ3n) is 2.28. The van der Waals surface area contributed by atoms with E-state index in [-0.39, 0.29) is 11.1 Å². The van der Waals surface area contributed by atoms with Crippen molar-refractivity contribution in [2.45, 2.75) is 37.0 Å². The normalized spacial score (nSPS) is 16.5. The zero-order valence-electron chi connectivity index (χ0n) is 8.71. The second-order valence-corrected chi connectivity index (χ2v) is 4.90. The summed E-state index contributed by atoms with van der Waals surface area (Å²) < 4.78 is 37.7. The molecule has 2 nitrogen and oxygen atoms in total. The van der Waals surface area contributed by atoms with Crippen molar-refractivity contribution in [3.63, 3.8) is 0 Å². The Labute approximate surface area is 95.7 Å². The highest BCUT2D eigenvalue weighted by Crippen LogP contribution is 2.41. The van der Waals surface area contributed by atoms with Crippen molar-refractivity contribution < 1.29 is 13.2 Å². The van der Waals surface area contributed by atoms with E-state index in [9.17, 15) is 13.2 Å². The topological polar surface area (TPSA) is 25.8 Å². The van der Waals surface area contributed by atoms with E-state index in [1.54, 1.807) is 0 Å². The highest BCUT2D eigenvalue weighted by molar-refractivity contribution is 7.99. The van der Waals surface area contributed by atoms with E-state index in [0.717, 1.165) is 18.9 Å². The maximum Gasteiger partial charge on any atom is 0.433 e. The quantitative estimate of drug-likeness (QED) is 0.605. The van der Waals surface area contributed by atoms with Crippen LogP contribution < -0.4 is 0 Å². The zero-order chi connectivity index (χ0) is 11.8. The Balaban J connectivity index is 2.36. The average Bonchev–Trinajstić information content (AvgIpc) is 2.99. The summed E-state index contributed by atoms with van der Waals surface area (Å²) in [6.45, 7) is 1.87. The van der Waals surface area contributed by atoms with Crippen LogP contribution in [0.25, 0.3) is 0 Å². The molecule has 0 radical (unpaired) electrons. The SMILES string of the molecule is CCSc1nc(C2CC2)cc(C(F)(F)F)n1. The van der Waals surface area contributed by atoms with Crippen LogP contribution >= 0.6 is 11.8 Å². The van der Waals surface area contributed by atoms with Gasteiger partial charge in [0.25, 0.3) is 0 Å². The molecule has 1 saturated carbocycles. The number of halogens is 3. The molecule has 1 aliphatic rings. The molecule has 1 heterocycles. The molecular formula is C10H11F3N2S. The fourth-order valence-electron chi connectivity index (χ4n) is 1.37. The van der Waals surface area contributed by atoms with Gasteiger partial charge < -0.3 is 0 Å². The van der Waals surface area contributed by atoms with Crippen LogP contribution in [-0.4, -0.2) is 15.7 Å². The second kappa shape index (κ2) is 4.24. The lowest BCUT2D eigenvalue weighted by Crippen LogP contribution is -2.10. The predicted octanol–water partition coefficient (Wildman–Crippen LogP) is 3.48. The van der Waals surface area contributed by atoms with Crippen LogP contribution in [0.1, 0.15) is 37.1 Å². The molecule has 0 spiro atoms. The van der Waals surface area contributed by atoms with Gasteiger partial charge in [0.05, 0.1) is 0 Å². The van der Waals surface area contributed by atoms with Crippen molar-refractivity contribution >= 4 is 11.8 Å². The number of alkyl halides is 3. The molecule has 1 fully saturated rings. The van der Waals surface area contributed by atoms with Crippen LogP contribution in [0.5, 0.6) is 0 Å². The summed E-state index contributed by atoms with van der Waals surface area (Å²) in [6.07, 6.45) is -2.51. The standard InChI is InChI=1S/C10H11F3N2S/c1-2-16-9-14-7(6-3-4-6)5-8(15-9)10(11,12)13/h5-6H,2-4H2,1H3. The lowest BCUT2D eigenvalue weighted by molar-refractivity contribution is -0.141. The van der Waals surface area contributed by atoms with Gasteiger partial charge in [0.2, 0.25) is 0 Å². The van der Waals surface area contributed by atoms with Crippen molar-refractivity contribution in [1.29, 1.82) is 0 Å². The van der Waals surface area contributed by atoms with Gasteiger partial charge in [-0.3, -0.25) is 0 Å². The van der Waals surface area contributed by atoms with Crippen LogP contribution in [-0.2, 0) is 6.18 Å². The molecule has 0 aromatic carbocycles. The maximum absolute atomic E-state index is 12.6. The van der Waals surface area contributed by atoms with Crippen LogP contribution in [0.2, 0.25) is 0 Å². The van der Waals surface area contributed by atoms with Gasteiger partial charge in [0.1, 0.15) is 5.69 Å². The molecule has 0 saturated heterocycles. The molecule has 1 aliphatic carbocycles. The van der Waals surface area contributed by atoms with Gasteiger partial charge in [-0.2, -0.15) is 13.2 Å². The molecule has 16 heavy (non-hydrogen) atoms. The minimum absolute atomic E-state index is 0.209. The summed E-state index contributed by atoms with van der Waals surface area (Å²) >= 11 is 1.24. The largest absolute Gasteiger partial charge is 0.433 e. The van der Waals surface area contributed by atoms with Crippen molar-refractivity contribution in [3.05, 3.63) is 17.5 Å². The molecule has 1 aromatic rings. The molecule has 88 valence electrons. The Hall–Kier alpha value is -0.780. The molecule has 6 heteroatoms. The fourth-order valence-corrected chi connectivity index (χ4v) is 1.96. The molecule has 0 N–H and O–H groups in total. The molecule has 0 unspecified atom stereocenters. The molecule has 0 bridgehead atoms. The van der Waals surface area contributed by atoms with E-state index in [0.29, 0.717) is 11.4 Å². The Morgan fingerprint density at radius 3 is 2.56 bits per heavy atom. The first-order chi connectivity index (χ1) is 7.50. The maximum atomic E-state index is 12.6. The van der Waals surface area contributed by atoms with E-state index in [4.69, 9.17) is 0 Å². The summed E-state index contributed by atoms with van der Waals surface area (Å²) in [5.74, 6) is 0.881. The van der Waals surface area contributed by atoms with Crippen molar-refractivity contribution in [1.82, 2.24) is 9.97 Å². The van der Waals surface area contributed by atoms with Gasteiger partial charge in [0.15, 0.2) is 5.16 Å². The molecule has 0 aliphatic heterocycles. The molecule has 0 amide bonds. The Bertz CT molecular complexity index is 388. The van der Waals surface area contributed by atoms with Gasteiger partial charge in [-0.05, 0) is 24.7 Å². The average molecular weight is 248 g/mol. The third kappa shape index (κ3) is 2.66. The van der Waals surface area contributed by atoms with Crippen LogP contribution in [0.4, 0.5) is 13.2 Å². The molecule has 0 atom stereocenters. The van der Waals surface area contributed by atoms with Crippen LogP contribution in [0.15, 0.2) is 11.2 Å².